The number of aryl methyl sites for hydroxylation is 1. The van der Waals surface area contributed by atoms with E-state index in [1.807, 2.05) is 13.8 Å². The van der Waals surface area contributed by atoms with Crippen LogP contribution in [0.15, 0.2) is 12.2 Å². The normalized spacial score (nSPS) is 10.2. The van der Waals surface area contributed by atoms with Crippen LogP contribution in [0.1, 0.15) is 19.7 Å². The number of hydrogen-bond acceptors (Lipinski definition) is 4. The number of hydrogen-bond donors (Lipinski definition) is 0. The zero-order chi connectivity index (χ0) is 12.1. The SMILES string of the molecule is C=C(C)CN(CC)C(=O)Cn1nnnc1C. The molecule has 0 atom stereocenters. The highest BCUT2D eigenvalue weighted by Crippen LogP contribution is 1.99. The van der Waals surface area contributed by atoms with Crippen molar-refractivity contribution in [2.24, 2.45) is 0 Å². The van der Waals surface area contributed by atoms with Gasteiger partial charge in [-0.3, -0.25) is 4.79 Å². The summed E-state index contributed by atoms with van der Waals surface area (Å²) in [7, 11) is 0. The van der Waals surface area contributed by atoms with Crippen LogP contribution in [-0.4, -0.2) is 44.1 Å². The first kappa shape index (κ1) is 12.4. The van der Waals surface area contributed by atoms with Crippen LogP contribution in [0.25, 0.3) is 0 Å². The first-order valence-corrected chi connectivity index (χ1v) is 5.19. The minimum absolute atomic E-state index is 0.000833. The van der Waals surface area contributed by atoms with Crippen molar-refractivity contribution in [2.75, 3.05) is 13.1 Å². The number of carbonyl (C=O) groups excluding carboxylic acids is 1. The Morgan fingerprint density at radius 3 is 2.69 bits per heavy atom. The number of rotatable bonds is 5. The topological polar surface area (TPSA) is 63.9 Å². The second-order valence-corrected chi connectivity index (χ2v) is 3.75. The van der Waals surface area contributed by atoms with E-state index in [2.05, 4.69) is 22.1 Å². The molecule has 88 valence electrons. The largest absolute Gasteiger partial charge is 0.337 e. The van der Waals surface area contributed by atoms with E-state index in [4.69, 9.17) is 0 Å². The number of aromatic nitrogens is 4. The lowest BCUT2D eigenvalue weighted by Gasteiger charge is -2.20. The molecule has 1 amide bonds. The predicted molar refractivity (Wildman–Crippen MR) is 59.6 cm³/mol. The first-order chi connectivity index (χ1) is 7.54. The van der Waals surface area contributed by atoms with Gasteiger partial charge in [-0.25, -0.2) is 4.68 Å². The molecule has 1 aromatic rings. The van der Waals surface area contributed by atoms with E-state index < -0.39 is 0 Å². The van der Waals surface area contributed by atoms with Gasteiger partial charge in [-0.15, -0.1) is 5.10 Å². The van der Waals surface area contributed by atoms with Gasteiger partial charge >= 0.3 is 0 Å². The van der Waals surface area contributed by atoms with E-state index in [-0.39, 0.29) is 12.5 Å². The van der Waals surface area contributed by atoms with Crippen LogP contribution in [0.2, 0.25) is 0 Å². The molecule has 0 radical (unpaired) electrons. The zero-order valence-electron chi connectivity index (χ0n) is 9.97. The van der Waals surface area contributed by atoms with Gasteiger partial charge < -0.3 is 4.90 Å². The van der Waals surface area contributed by atoms with Gasteiger partial charge in [0, 0.05) is 13.1 Å². The standard InChI is InChI=1S/C10H17N5O/c1-5-14(6-8(2)3)10(16)7-15-9(4)11-12-13-15/h2,5-7H2,1,3-4H3. The molecule has 1 rings (SSSR count). The molecule has 0 fully saturated rings. The molecule has 0 unspecified atom stereocenters. The molecule has 16 heavy (non-hydrogen) atoms. The van der Waals surface area contributed by atoms with E-state index in [9.17, 15) is 4.79 Å². The van der Waals surface area contributed by atoms with Gasteiger partial charge in [-0.2, -0.15) is 0 Å². The van der Waals surface area contributed by atoms with Gasteiger partial charge in [-0.1, -0.05) is 12.2 Å². The average molecular weight is 223 g/mol. The highest BCUT2D eigenvalue weighted by molar-refractivity contribution is 5.76. The van der Waals surface area contributed by atoms with E-state index in [0.717, 1.165) is 5.57 Å². The summed E-state index contributed by atoms with van der Waals surface area (Å²) >= 11 is 0. The van der Waals surface area contributed by atoms with Crippen molar-refractivity contribution in [2.45, 2.75) is 27.3 Å². The Morgan fingerprint density at radius 1 is 1.56 bits per heavy atom. The van der Waals surface area contributed by atoms with Crippen molar-refractivity contribution >= 4 is 5.91 Å². The quantitative estimate of drug-likeness (QED) is 0.678. The van der Waals surface area contributed by atoms with Crippen LogP contribution in [0.4, 0.5) is 0 Å². The van der Waals surface area contributed by atoms with Gasteiger partial charge in [-0.05, 0) is 31.2 Å². The van der Waals surface area contributed by atoms with Crippen molar-refractivity contribution in [3.8, 4) is 0 Å². The molecule has 0 saturated heterocycles. The smallest absolute Gasteiger partial charge is 0.244 e. The van der Waals surface area contributed by atoms with Crippen LogP contribution in [0, 0.1) is 6.92 Å². The van der Waals surface area contributed by atoms with Crippen molar-refractivity contribution in [1.82, 2.24) is 25.1 Å². The van der Waals surface area contributed by atoms with Crippen LogP contribution < -0.4 is 0 Å². The molecule has 0 aromatic carbocycles. The second kappa shape index (κ2) is 5.39. The lowest BCUT2D eigenvalue weighted by molar-refractivity contribution is -0.131. The van der Waals surface area contributed by atoms with E-state index in [1.165, 1.54) is 4.68 Å². The molecule has 0 aliphatic carbocycles. The summed E-state index contributed by atoms with van der Waals surface area (Å²) in [5, 5.41) is 11.0. The maximum atomic E-state index is 11.9. The maximum Gasteiger partial charge on any atom is 0.244 e. The molecular formula is C10H17N5O. The fourth-order valence-corrected chi connectivity index (χ4v) is 1.33. The van der Waals surface area contributed by atoms with E-state index in [1.54, 1.807) is 11.8 Å². The summed E-state index contributed by atoms with van der Waals surface area (Å²) in [6.45, 7) is 10.8. The molecule has 0 saturated carbocycles. The highest BCUT2D eigenvalue weighted by Gasteiger charge is 2.13. The molecule has 0 spiro atoms. The Morgan fingerprint density at radius 2 is 2.25 bits per heavy atom. The summed E-state index contributed by atoms with van der Waals surface area (Å²) in [5.41, 5.74) is 0.962. The summed E-state index contributed by atoms with van der Waals surface area (Å²) in [6.07, 6.45) is 0. The number of tetrazole rings is 1. The van der Waals surface area contributed by atoms with Crippen molar-refractivity contribution in [3.05, 3.63) is 18.0 Å². The molecule has 0 aliphatic rings. The Hall–Kier alpha value is -1.72. The monoisotopic (exact) mass is 223 g/mol. The molecule has 6 heteroatoms. The lowest BCUT2D eigenvalue weighted by Crippen LogP contribution is -2.35. The van der Waals surface area contributed by atoms with Gasteiger partial charge in [0.15, 0.2) is 0 Å². The van der Waals surface area contributed by atoms with E-state index in [0.29, 0.717) is 18.9 Å². The first-order valence-electron chi connectivity index (χ1n) is 5.19. The van der Waals surface area contributed by atoms with Crippen molar-refractivity contribution < 1.29 is 4.79 Å². The number of nitrogens with zero attached hydrogens (tertiary/aromatic N) is 5. The second-order valence-electron chi connectivity index (χ2n) is 3.75. The van der Waals surface area contributed by atoms with Crippen LogP contribution in [-0.2, 0) is 11.3 Å². The van der Waals surface area contributed by atoms with Crippen LogP contribution in [0.5, 0.6) is 0 Å². The highest BCUT2D eigenvalue weighted by atomic mass is 16.2. The molecule has 0 N–H and O–H groups in total. The summed E-state index contributed by atoms with van der Waals surface area (Å²) in [6, 6.07) is 0. The third-order valence-electron chi connectivity index (χ3n) is 2.19. The summed E-state index contributed by atoms with van der Waals surface area (Å²) in [4.78, 5) is 13.6. The third-order valence-corrected chi connectivity index (χ3v) is 2.19. The van der Waals surface area contributed by atoms with Crippen LogP contribution >= 0.6 is 0 Å². The van der Waals surface area contributed by atoms with Crippen LogP contribution in [0.3, 0.4) is 0 Å². The predicted octanol–water partition coefficient (Wildman–Crippen LogP) is 0.406. The molecule has 0 aliphatic heterocycles. The zero-order valence-corrected chi connectivity index (χ0v) is 9.97. The number of carbonyl (C=O) groups is 1. The fourth-order valence-electron chi connectivity index (χ4n) is 1.33. The molecular weight excluding hydrogens is 206 g/mol. The molecule has 1 aromatic heterocycles. The number of amides is 1. The average Bonchev–Trinajstić information content (AvgIpc) is 2.60. The minimum atomic E-state index is 0.000833. The number of likely N-dealkylation sites (N-methyl/N-ethyl adjacent to an activating group) is 1. The summed E-state index contributed by atoms with van der Waals surface area (Å²) in [5.74, 6) is 0.639. The summed E-state index contributed by atoms with van der Waals surface area (Å²) < 4.78 is 1.49. The van der Waals surface area contributed by atoms with Crippen molar-refractivity contribution in [1.29, 1.82) is 0 Å². The minimum Gasteiger partial charge on any atom is -0.337 e. The van der Waals surface area contributed by atoms with Gasteiger partial charge in [0.25, 0.3) is 0 Å². The van der Waals surface area contributed by atoms with Gasteiger partial charge in [0.2, 0.25) is 5.91 Å². The Bertz CT molecular complexity index is 384. The molecule has 1 heterocycles. The Labute approximate surface area is 94.9 Å². The molecule has 0 bridgehead atoms. The van der Waals surface area contributed by atoms with Gasteiger partial charge in [0.1, 0.15) is 12.4 Å². The van der Waals surface area contributed by atoms with Crippen molar-refractivity contribution in [3.63, 3.8) is 0 Å². The molecule has 6 nitrogen and oxygen atoms in total. The van der Waals surface area contributed by atoms with Gasteiger partial charge in [0.05, 0.1) is 0 Å². The van der Waals surface area contributed by atoms with E-state index >= 15 is 0 Å². The lowest BCUT2D eigenvalue weighted by atomic mass is 10.3. The Kier molecular flexibility index (Phi) is 4.16. The maximum absolute atomic E-state index is 11.9. The third kappa shape index (κ3) is 3.15. The Balaban J connectivity index is 2.63. The fraction of sp³-hybridized carbons (Fsp3) is 0.600.